The van der Waals surface area contributed by atoms with Crippen LogP contribution in [-0.2, 0) is 13.8 Å². The maximum Gasteiger partial charge on any atom is 0.237 e. The predicted octanol–water partition coefficient (Wildman–Crippen LogP) is 1.03. The Morgan fingerprint density at radius 1 is 1.26 bits per heavy atom. The number of amides is 1. The zero-order valence-electron chi connectivity index (χ0n) is 11.4. The normalized spacial score (nSPS) is 33.2. The Hall–Kier alpha value is -0.330. The van der Waals surface area contributed by atoms with E-state index in [1.54, 1.807) is 4.90 Å². The van der Waals surface area contributed by atoms with Gasteiger partial charge < -0.3 is 9.80 Å². The van der Waals surface area contributed by atoms with E-state index in [2.05, 4.69) is 4.90 Å². The van der Waals surface area contributed by atoms with Gasteiger partial charge in [0.25, 0.3) is 0 Å². The van der Waals surface area contributed by atoms with Crippen molar-refractivity contribution in [2.75, 3.05) is 20.6 Å². The van der Waals surface area contributed by atoms with Crippen LogP contribution in [0.1, 0.15) is 32.1 Å². The summed E-state index contributed by atoms with van der Waals surface area (Å²) in [6.45, 7) is 0.250. The summed E-state index contributed by atoms with van der Waals surface area (Å²) in [5.41, 5.74) is 0. The highest BCUT2D eigenvalue weighted by molar-refractivity contribution is 8.14. The number of nitrogens with zero attached hydrogens (tertiary/aromatic N) is 2. The van der Waals surface area contributed by atoms with E-state index in [0.29, 0.717) is 6.04 Å². The van der Waals surface area contributed by atoms with Gasteiger partial charge in [0.15, 0.2) is 0 Å². The molecular formula is C12H21ClN2O3S. The molecule has 7 heteroatoms. The SMILES string of the molecule is CN(C)[C@H]1CCCC[C@@H]1N1CC(S(=O)(=O)Cl)CC1=O. The monoisotopic (exact) mass is 308 g/mol. The highest BCUT2D eigenvalue weighted by Gasteiger charge is 2.43. The molecule has 1 aliphatic heterocycles. The molecule has 2 aliphatic rings. The third-order valence-electron chi connectivity index (χ3n) is 4.28. The van der Waals surface area contributed by atoms with Gasteiger partial charge in [0, 0.05) is 35.7 Å². The average Bonchev–Trinajstić information content (AvgIpc) is 2.71. The number of carbonyl (C=O) groups is 1. The van der Waals surface area contributed by atoms with Crippen molar-refractivity contribution in [1.82, 2.24) is 9.80 Å². The average molecular weight is 309 g/mol. The molecule has 110 valence electrons. The molecule has 2 fully saturated rings. The molecule has 3 atom stereocenters. The van der Waals surface area contributed by atoms with Crippen LogP contribution in [0.2, 0.25) is 0 Å². The maximum atomic E-state index is 12.1. The van der Waals surface area contributed by atoms with E-state index in [9.17, 15) is 13.2 Å². The molecule has 2 rings (SSSR count). The van der Waals surface area contributed by atoms with Crippen molar-refractivity contribution in [3.63, 3.8) is 0 Å². The van der Waals surface area contributed by atoms with Crippen LogP contribution in [0.15, 0.2) is 0 Å². The van der Waals surface area contributed by atoms with Crippen molar-refractivity contribution < 1.29 is 13.2 Å². The molecule has 19 heavy (non-hydrogen) atoms. The summed E-state index contributed by atoms with van der Waals surface area (Å²) in [5, 5.41) is -0.744. The van der Waals surface area contributed by atoms with Gasteiger partial charge in [0.1, 0.15) is 5.25 Å². The Balaban J connectivity index is 2.14. The number of likely N-dealkylation sites (tertiary alicyclic amines) is 1. The third-order valence-corrected chi connectivity index (χ3v) is 6.15. The quantitative estimate of drug-likeness (QED) is 0.731. The zero-order valence-corrected chi connectivity index (χ0v) is 13.0. The summed E-state index contributed by atoms with van der Waals surface area (Å²) in [6.07, 6.45) is 4.29. The molecule has 1 heterocycles. The molecule has 0 aromatic rings. The fraction of sp³-hybridized carbons (Fsp3) is 0.917. The van der Waals surface area contributed by atoms with Crippen molar-refractivity contribution in [3.05, 3.63) is 0 Å². The van der Waals surface area contributed by atoms with Gasteiger partial charge in [0.2, 0.25) is 15.0 Å². The molecule has 0 aromatic carbocycles. The predicted molar refractivity (Wildman–Crippen MR) is 74.6 cm³/mol. The summed E-state index contributed by atoms with van der Waals surface area (Å²) < 4.78 is 22.8. The second-order valence-corrected chi connectivity index (χ2v) is 8.64. The second kappa shape index (κ2) is 5.58. The van der Waals surface area contributed by atoms with Crippen LogP contribution in [0, 0.1) is 0 Å². The van der Waals surface area contributed by atoms with Gasteiger partial charge in [-0.2, -0.15) is 0 Å². The zero-order chi connectivity index (χ0) is 14.2. The van der Waals surface area contributed by atoms with Crippen molar-refractivity contribution in [1.29, 1.82) is 0 Å². The van der Waals surface area contributed by atoms with Crippen LogP contribution >= 0.6 is 10.7 Å². The third kappa shape index (κ3) is 3.23. The molecule has 0 N–H and O–H groups in total. The molecule has 1 saturated heterocycles. The summed E-state index contributed by atoms with van der Waals surface area (Å²) in [5.74, 6) is -0.0759. The molecule has 1 saturated carbocycles. The number of halogens is 1. The maximum absolute atomic E-state index is 12.1. The first-order valence-electron chi connectivity index (χ1n) is 6.70. The fourth-order valence-electron chi connectivity index (χ4n) is 3.26. The molecule has 0 radical (unpaired) electrons. The molecule has 0 bridgehead atoms. The largest absolute Gasteiger partial charge is 0.337 e. The van der Waals surface area contributed by atoms with Crippen molar-refractivity contribution in [2.24, 2.45) is 0 Å². The summed E-state index contributed by atoms with van der Waals surface area (Å²) in [7, 11) is 5.77. The minimum atomic E-state index is -3.65. The van der Waals surface area contributed by atoms with Gasteiger partial charge in [-0.3, -0.25) is 4.79 Å². The van der Waals surface area contributed by atoms with Crippen LogP contribution < -0.4 is 0 Å². The van der Waals surface area contributed by atoms with Gasteiger partial charge in [-0.15, -0.1) is 0 Å². The lowest BCUT2D eigenvalue weighted by atomic mass is 9.88. The first-order chi connectivity index (χ1) is 8.80. The van der Waals surface area contributed by atoms with Crippen molar-refractivity contribution in [2.45, 2.75) is 49.4 Å². The Bertz CT molecular complexity index is 452. The van der Waals surface area contributed by atoms with Crippen molar-refractivity contribution in [3.8, 4) is 0 Å². The second-order valence-electron chi connectivity index (χ2n) is 5.73. The van der Waals surface area contributed by atoms with E-state index >= 15 is 0 Å². The number of likely N-dealkylation sites (N-methyl/N-ethyl adjacent to an activating group) is 1. The summed E-state index contributed by atoms with van der Waals surface area (Å²) >= 11 is 0. The Labute approximate surface area is 119 Å². The lowest BCUT2D eigenvalue weighted by Crippen LogP contribution is -2.52. The first kappa shape index (κ1) is 15.1. The van der Waals surface area contributed by atoms with Crippen LogP contribution in [0.3, 0.4) is 0 Å². The van der Waals surface area contributed by atoms with Crippen LogP contribution in [-0.4, -0.2) is 62.1 Å². The number of carbonyl (C=O) groups excluding carboxylic acids is 1. The fourth-order valence-corrected chi connectivity index (χ4v) is 4.30. The van der Waals surface area contributed by atoms with Gasteiger partial charge in [0.05, 0.1) is 0 Å². The van der Waals surface area contributed by atoms with Crippen molar-refractivity contribution >= 4 is 25.6 Å². The lowest BCUT2D eigenvalue weighted by molar-refractivity contribution is -0.131. The highest BCUT2D eigenvalue weighted by atomic mass is 35.7. The van der Waals surface area contributed by atoms with Gasteiger partial charge in [-0.25, -0.2) is 8.42 Å². The standard InChI is InChI=1S/C12H21ClN2O3S/c1-14(2)10-5-3-4-6-11(10)15-8-9(7-12(15)16)19(13,17)18/h9-11H,3-8H2,1-2H3/t9?,10-,11-/m0/s1. The van der Waals surface area contributed by atoms with E-state index in [-0.39, 0.29) is 24.9 Å². The number of hydrogen-bond donors (Lipinski definition) is 0. The molecule has 1 amide bonds. The highest BCUT2D eigenvalue weighted by Crippen LogP contribution is 2.31. The van der Waals surface area contributed by atoms with Gasteiger partial charge >= 0.3 is 0 Å². The van der Waals surface area contributed by atoms with Crippen LogP contribution in [0.5, 0.6) is 0 Å². The smallest absolute Gasteiger partial charge is 0.237 e. The van der Waals surface area contributed by atoms with E-state index in [0.717, 1.165) is 19.3 Å². The molecule has 1 unspecified atom stereocenters. The van der Waals surface area contributed by atoms with Gasteiger partial charge in [-0.1, -0.05) is 12.8 Å². The van der Waals surface area contributed by atoms with Crippen LogP contribution in [0.25, 0.3) is 0 Å². The Morgan fingerprint density at radius 2 is 1.89 bits per heavy atom. The molecule has 1 aliphatic carbocycles. The lowest BCUT2D eigenvalue weighted by Gasteiger charge is -2.41. The molecule has 5 nitrogen and oxygen atoms in total. The van der Waals surface area contributed by atoms with E-state index in [1.165, 1.54) is 6.42 Å². The minimum absolute atomic E-state index is 0.0302. The topological polar surface area (TPSA) is 57.7 Å². The molecule has 0 aromatic heterocycles. The minimum Gasteiger partial charge on any atom is -0.337 e. The molecular weight excluding hydrogens is 288 g/mol. The van der Waals surface area contributed by atoms with Crippen LogP contribution in [0.4, 0.5) is 0 Å². The van der Waals surface area contributed by atoms with Gasteiger partial charge in [-0.05, 0) is 26.9 Å². The van der Waals surface area contributed by atoms with E-state index < -0.39 is 14.3 Å². The Kier molecular flexibility index (Phi) is 4.42. The number of hydrogen-bond acceptors (Lipinski definition) is 4. The Morgan fingerprint density at radius 3 is 2.42 bits per heavy atom. The summed E-state index contributed by atoms with van der Waals surface area (Å²) in [4.78, 5) is 16.0. The summed E-state index contributed by atoms with van der Waals surface area (Å²) in [6, 6.07) is 0.439. The van der Waals surface area contributed by atoms with E-state index in [1.807, 2.05) is 14.1 Å². The first-order valence-corrected chi connectivity index (χ1v) is 9.07. The number of rotatable bonds is 3. The molecule has 0 spiro atoms. The van der Waals surface area contributed by atoms with E-state index in [4.69, 9.17) is 10.7 Å².